The minimum atomic E-state index is -5.08. The number of fused-ring (bicyclic) bond motifs is 6. The highest BCUT2D eigenvalue weighted by Crippen LogP contribution is 2.50. The van der Waals surface area contributed by atoms with Crippen molar-refractivity contribution in [2.75, 3.05) is 20.2 Å². The van der Waals surface area contributed by atoms with Gasteiger partial charge in [0, 0.05) is 39.9 Å². The van der Waals surface area contributed by atoms with Gasteiger partial charge in [-0.2, -0.15) is 13.2 Å². The molecule has 10 heteroatoms. The third kappa shape index (κ3) is 5.17. The summed E-state index contributed by atoms with van der Waals surface area (Å²) < 4.78 is 43.6. The van der Waals surface area contributed by atoms with Crippen LogP contribution >= 0.6 is 0 Å². The Balaban J connectivity index is 0.000000405. The first kappa shape index (κ1) is 27.3. The van der Waals surface area contributed by atoms with Gasteiger partial charge < -0.3 is 19.6 Å². The van der Waals surface area contributed by atoms with Crippen molar-refractivity contribution in [3.63, 3.8) is 0 Å². The van der Waals surface area contributed by atoms with Gasteiger partial charge in [0.25, 0.3) is 0 Å². The van der Waals surface area contributed by atoms with Crippen molar-refractivity contribution in [2.45, 2.75) is 77.6 Å². The smallest absolute Gasteiger partial charge is 0.490 e. The molecule has 3 unspecified atom stereocenters. The van der Waals surface area contributed by atoms with Gasteiger partial charge in [-0.05, 0) is 49.6 Å². The quantitative estimate of drug-likeness (QED) is 0.493. The molecule has 7 nitrogen and oxygen atoms in total. The number of benzene rings is 1. The van der Waals surface area contributed by atoms with Gasteiger partial charge in [0.05, 0.1) is 7.11 Å². The average Bonchev–Trinajstić information content (AvgIpc) is 3.37. The van der Waals surface area contributed by atoms with Crippen molar-refractivity contribution < 1.29 is 37.3 Å². The Bertz CT molecular complexity index is 1170. The van der Waals surface area contributed by atoms with Crippen LogP contribution in [0.15, 0.2) is 18.2 Å². The molecule has 204 valence electrons. The molecule has 2 aromatic rings. The minimum Gasteiger partial charge on any atom is -0.497 e. The normalized spacial score (nSPS) is 26.1. The van der Waals surface area contributed by atoms with Crippen LogP contribution in [0.25, 0.3) is 10.9 Å². The van der Waals surface area contributed by atoms with E-state index in [9.17, 15) is 18.0 Å². The fourth-order valence-electron chi connectivity index (χ4n) is 6.52. The number of esters is 1. The molecule has 1 saturated heterocycles. The number of methoxy groups -OCH3 is 1. The predicted octanol–water partition coefficient (Wildman–Crippen LogP) is 5.80. The zero-order chi connectivity index (χ0) is 27.3. The molecule has 3 atom stereocenters. The van der Waals surface area contributed by atoms with Crippen LogP contribution in [0.1, 0.15) is 76.6 Å². The van der Waals surface area contributed by atoms with Gasteiger partial charge >= 0.3 is 18.1 Å². The highest BCUT2D eigenvalue weighted by atomic mass is 19.4. The number of H-pyrrole nitrogens is 1. The molecular weight excluding hydrogens is 489 g/mol. The van der Waals surface area contributed by atoms with E-state index in [2.05, 4.69) is 49.7 Å². The van der Waals surface area contributed by atoms with Crippen LogP contribution in [-0.2, 0) is 14.3 Å². The van der Waals surface area contributed by atoms with Crippen LogP contribution in [0.5, 0.6) is 5.75 Å². The molecule has 1 saturated carbocycles. The standard InChI is InChI=1S/C25H34N2O3.C2HF3O2/c1-24(2)10-6-11-25(3,4)23(24)30-22(28)21-20-19(15-9-12-27(21)14-15)17-13-16(29-5)7-8-18(17)26-20;3-2(4,5)1(6)7/h7-8,13,15,21,23,26H,6,9-12,14H2,1-5H3;(H,6,7). The van der Waals surface area contributed by atoms with Gasteiger partial charge in [0.15, 0.2) is 0 Å². The van der Waals surface area contributed by atoms with E-state index in [0.717, 1.165) is 49.3 Å². The Labute approximate surface area is 214 Å². The molecule has 2 N–H and O–H groups in total. The predicted molar refractivity (Wildman–Crippen MR) is 132 cm³/mol. The van der Waals surface area contributed by atoms with Crippen molar-refractivity contribution in [1.82, 2.24) is 9.88 Å². The molecule has 2 fully saturated rings. The number of nitrogens with one attached hydrogen (secondary N) is 1. The number of nitrogens with zero attached hydrogens (tertiary/aromatic N) is 1. The second kappa shape index (κ2) is 9.53. The van der Waals surface area contributed by atoms with E-state index in [1.807, 2.05) is 6.07 Å². The van der Waals surface area contributed by atoms with Crippen LogP contribution < -0.4 is 4.74 Å². The van der Waals surface area contributed by atoms with E-state index in [4.69, 9.17) is 19.4 Å². The number of carboxylic acid groups (broad SMARTS) is 1. The Morgan fingerprint density at radius 2 is 1.76 bits per heavy atom. The highest BCUT2D eigenvalue weighted by molar-refractivity contribution is 5.90. The molecule has 3 aliphatic rings. The zero-order valence-corrected chi connectivity index (χ0v) is 21.9. The van der Waals surface area contributed by atoms with Gasteiger partial charge in [0.1, 0.15) is 17.9 Å². The molecule has 1 aromatic carbocycles. The third-order valence-corrected chi connectivity index (χ3v) is 8.10. The topological polar surface area (TPSA) is 91.9 Å². The summed E-state index contributed by atoms with van der Waals surface area (Å²) in [7, 11) is 1.70. The summed E-state index contributed by atoms with van der Waals surface area (Å²) in [5, 5.41) is 8.31. The molecular formula is C27H35F3N2O5. The van der Waals surface area contributed by atoms with Crippen molar-refractivity contribution in [3.8, 4) is 5.75 Å². The molecule has 0 spiro atoms. The van der Waals surface area contributed by atoms with Gasteiger partial charge in [-0.3, -0.25) is 4.90 Å². The maximum Gasteiger partial charge on any atom is 0.490 e. The number of carboxylic acids is 1. The third-order valence-electron chi connectivity index (χ3n) is 8.10. The molecule has 3 heterocycles. The first-order valence-corrected chi connectivity index (χ1v) is 12.6. The number of alkyl halides is 3. The van der Waals surface area contributed by atoms with E-state index >= 15 is 0 Å². The molecule has 2 bridgehead atoms. The van der Waals surface area contributed by atoms with Crippen molar-refractivity contribution in [2.24, 2.45) is 10.8 Å². The van der Waals surface area contributed by atoms with Crippen molar-refractivity contribution in [1.29, 1.82) is 0 Å². The highest BCUT2D eigenvalue weighted by Gasteiger charge is 2.50. The maximum absolute atomic E-state index is 13.7. The number of carbonyl (C=O) groups excluding carboxylic acids is 1. The molecule has 5 rings (SSSR count). The van der Waals surface area contributed by atoms with Gasteiger partial charge in [-0.15, -0.1) is 0 Å². The Hall–Kier alpha value is -2.75. The molecule has 37 heavy (non-hydrogen) atoms. The van der Waals surface area contributed by atoms with Crippen molar-refractivity contribution >= 4 is 22.8 Å². The summed E-state index contributed by atoms with van der Waals surface area (Å²) in [5.74, 6) is -1.53. The van der Waals surface area contributed by atoms with Gasteiger partial charge in [-0.1, -0.05) is 34.1 Å². The lowest BCUT2D eigenvalue weighted by Crippen LogP contribution is -2.50. The second-order valence-corrected chi connectivity index (χ2v) is 11.7. The van der Waals surface area contributed by atoms with E-state index in [1.54, 1.807) is 7.11 Å². The lowest BCUT2D eigenvalue weighted by molar-refractivity contribution is -0.192. The van der Waals surface area contributed by atoms with Crippen LogP contribution in [0.2, 0.25) is 0 Å². The number of hydrogen-bond donors (Lipinski definition) is 2. The monoisotopic (exact) mass is 524 g/mol. The SMILES string of the molecule is COc1ccc2[nH]c3c(c2c1)C1CCN(C1)C3C(=O)OC1C(C)(C)CCCC1(C)C.O=C(O)C(F)(F)F. The molecule has 0 amide bonds. The summed E-state index contributed by atoms with van der Waals surface area (Å²) in [6.07, 6.45) is -0.676. The first-order chi connectivity index (χ1) is 17.2. The van der Waals surface area contributed by atoms with Crippen molar-refractivity contribution in [3.05, 3.63) is 29.5 Å². The average molecular weight is 525 g/mol. The summed E-state index contributed by atoms with van der Waals surface area (Å²) in [5.41, 5.74) is 3.39. The molecule has 0 radical (unpaired) electrons. The maximum atomic E-state index is 13.7. The Morgan fingerprint density at radius 3 is 2.32 bits per heavy atom. The van der Waals surface area contributed by atoms with E-state index in [0.29, 0.717) is 5.92 Å². The Morgan fingerprint density at radius 1 is 1.14 bits per heavy atom. The van der Waals surface area contributed by atoms with Crippen LogP contribution in [0, 0.1) is 10.8 Å². The minimum absolute atomic E-state index is 0.00370. The van der Waals surface area contributed by atoms with Gasteiger partial charge in [-0.25, -0.2) is 9.59 Å². The summed E-state index contributed by atoms with van der Waals surface area (Å²) >= 11 is 0. The van der Waals surface area contributed by atoms with Gasteiger partial charge in [0.2, 0.25) is 0 Å². The first-order valence-electron chi connectivity index (χ1n) is 12.6. The fraction of sp³-hybridized carbons (Fsp3) is 0.630. The lowest BCUT2D eigenvalue weighted by Gasteiger charge is -2.48. The molecule has 1 aliphatic carbocycles. The summed E-state index contributed by atoms with van der Waals surface area (Å²) in [4.78, 5) is 28.5. The summed E-state index contributed by atoms with van der Waals surface area (Å²) in [6, 6.07) is 5.80. The number of halogens is 3. The zero-order valence-electron chi connectivity index (χ0n) is 21.9. The largest absolute Gasteiger partial charge is 0.497 e. The van der Waals surface area contributed by atoms with Crippen LogP contribution in [-0.4, -0.2) is 59.4 Å². The fourth-order valence-corrected chi connectivity index (χ4v) is 6.52. The number of rotatable bonds is 3. The van der Waals surface area contributed by atoms with E-state index in [1.165, 1.54) is 17.4 Å². The number of carbonyl (C=O) groups is 2. The number of aromatic amines is 1. The Kier molecular flexibility index (Phi) is 7.03. The second-order valence-electron chi connectivity index (χ2n) is 11.7. The summed E-state index contributed by atoms with van der Waals surface area (Å²) in [6.45, 7) is 10.9. The molecule has 1 aromatic heterocycles. The van der Waals surface area contributed by atoms with Crippen LogP contribution in [0.4, 0.5) is 13.2 Å². The number of aromatic nitrogens is 1. The number of aliphatic carboxylic acids is 1. The lowest BCUT2D eigenvalue weighted by atomic mass is 9.63. The molecule has 2 aliphatic heterocycles. The van der Waals surface area contributed by atoms with Crippen LogP contribution in [0.3, 0.4) is 0 Å². The van der Waals surface area contributed by atoms with E-state index < -0.39 is 12.1 Å². The number of ether oxygens (including phenoxy) is 2. The number of hydrogen-bond acceptors (Lipinski definition) is 5. The van der Waals surface area contributed by atoms with E-state index in [-0.39, 0.29) is 28.9 Å².